The van der Waals surface area contributed by atoms with Crippen molar-refractivity contribution in [2.24, 2.45) is 0 Å². The van der Waals surface area contributed by atoms with Crippen LogP contribution in [0.4, 0.5) is 0 Å². The maximum absolute atomic E-state index is 4.57. The average molecular weight is 236 g/mol. The van der Waals surface area contributed by atoms with Gasteiger partial charge >= 0.3 is 0 Å². The Kier molecular flexibility index (Phi) is 1.74. The van der Waals surface area contributed by atoms with Crippen LogP contribution in [-0.4, -0.2) is 30.1 Å². The first-order valence-corrected chi connectivity index (χ1v) is 5.50. The lowest BCUT2D eigenvalue weighted by atomic mass is 10.2. The molecule has 86 valence electrons. The number of imidazole rings is 1. The SMILES string of the molecule is c1cnc2c(ccc3[nH]c(-c4cn[nH]c4)nc32)n1. The predicted octanol–water partition coefficient (Wildman–Crippen LogP) is 1.90. The largest absolute Gasteiger partial charge is 0.338 e. The molecule has 2 N–H and O–H groups in total. The highest BCUT2D eigenvalue weighted by molar-refractivity contribution is 6.00. The molecular weight excluding hydrogens is 228 g/mol. The van der Waals surface area contributed by atoms with Gasteiger partial charge in [0, 0.05) is 18.6 Å². The van der Waals surface area contributed by atoms with Crippen LogP contribution in [0.1, 0.15) is 0 Å². The second kappa shape index (κ2) is 3.36. The number of H-pyrrole nitrogens is 2. The Bertz CT molecular complexity index is 830. The first-order chi connectivity index (χ1) is 8.92. The van der Waals surface area contributed by atoms with Crippen molar-refractivity contribution >= 4 is 22.1 Å². The fourth-order valence-electron chi connectivity index (χ4n) is 2.02. The zero-order chi connectivity index (χ0) is 11.9. The normalized spacial score (nSPS) is 11.3. The molecule has 0 saturated heterocycles. The Morgan fingerprint density at radius 1 is 1.00 bits per heavy atom. The molecule has 0 radical (unpaired) electrons. The minimum absolute atomic E-state index is 0.775. The number of aromatic amines is 2. The van der Waals surface area contributed by atoms with Gasteiger partial charge in [-0.15, -0.1) is 0 Å². The molecule has 0 bridgehead atoms. The van der Waals surface area contributed by atoms with Crippen LogP contribution in [0.25, 0.3) is 33.5 Å². The molecule has 1 aromatic carbocycles. The van der Waals surface area contributed by atoms with Crippen LogP contribution in [0.5, 0.6) is 0 Å². The topological polar surface area (TPSA) is 83.1 Å². The van der Waals surface area contributed by atoms with E-state index in [1.165, 1.54) is 0 Å². The highest BCUT2D eigenvalue weighted by atomic mass is 15.1. The van der Waals surface area contributed by atoms with E-state index in [0.29, 0.717) is 0 Å². The number of rotatable bonds is 1. The second-order valence-electron chi connectivity index (χ2n) is 3.96. The van der Waals surface area contributed by atoms with Crippen molar-refractivity contribution in [2.75, 3.05) is 0 Å². The van der Waals surface area contributed by atoms with Crippen LogP contribution >= 0.6 is 0 Å². The van der Waals surface area contributed by atoms with Crippen molar-refractivity contribution in [3.63, 3.8) is 0 Å². The summed E-state index contributed by atoms with van der Waals surface area (Å²) in [6.07, 6.45) is 6.88. The minimum atomic E-state index is 0.775. The minimum Gasteiger partial charge on any atom is -0.338 e. The quantitative estimate of drug-likeness (QED) is 0.528. The van der Waals surface area contributed by atoms with Gasteiger partial charge in [0.2, 0.25) is 0 Å². The zero-order valence-electron chi connectivity index (χ0n) is 9.25. The highest BCUT2D eigenvalue weighted by Gasteiger charge is 2.09. The first-order valence-electron chi connectivity index (χ1n) is 5.50. The van der Waals surface area contributed by atoms with E-state index in [9.17, 15) is 0 Å². The van der Waals surface area contributed by atoms with E-state index < -0.39 is 0 Å². The Hall–Kier alpha value is -2.76. The van der Waals surface area contributed by atoms with Gasteiger partial charge in [-0.25, -0.2) is 4.98 Å². The van der Waals surface area contributed by atoms with Crippen molar-refractivity contribution in [1.29, 1.82) is 0 Å². The molecular formula is C12H8N6. The Labute approximate surface area is 101 Å². The van der Waals surface area contributed by atoms with E-state index in [4.69, 9.17) is 0 Å². The van der Waals surface area contributed by atoms with Crippen molar-refractivity contribution in [3.05, 3.63) is 36.9 Å². The van der Waals surface area contributed by atoms with Crippen LogP contribution in [-0.2, 0) is 0 Å². The summed E-state index contributed by atoms with van der Waals surface area (Å²) in [6, 6.07) is 3.89. The fraction of sp³-hybridized carbons (Fsp3) is 0. The number of hydrogen-bond acceptors (Lipinski definition) is 4. The molecule has 3 aromatic heterocycles. The van der Waals surface area contributed by atoms with E-state index in [-0.39, 0.29) is 0 Å². The van der Waals surface area contributed by atoms with Gasteiger partial charge in [-0.05, 0) is 12.1 Å². The zero-order valence-corrected chi connectivity index (χ0v) is 9.25. The van der Waals surface area contributed by atoms with Crippen molar-refractivity contribution in [1.82, 2.24) is 30.1 Å². The predicted molar refractivity (Wildman–Crippen MR) is 66.8 cm³/mol. The summed E-state index contributed by atoms with van der Waals surface area (Å²) in [5.41, 5.74) is 4.34. The van der Waals surface area contributed by atoms with Crippen molar-refractivity contribution < 1.29 is 0 Å². The summed E-state index contributed by atoms with van der Waals surface area (Å²) >= 11 is 0. The molecule has 6 heteroatoms. The fourth-order valence-corrected chi connectivity index (χ4v) is 2.02. The molecule has 18 heavy (non-hydrogen) atoms. The molecule has 0 unspecified atom stereocenters. The van der Waals surface area contributed by atoms with E-state index in [2.05, 4.69) is 30.1 Å². The molecule has 0 aliphatic carbocycles. The standard InChI is InChI=1S/C12H8N6/c1-2-9-11(10-8(1)13-3-4-14-10)18-12(17-9)7-5-15-16-6-7/h1-6H,(H,15,16)(H,17,18). The van der Waals surface area contributed by atoms with Crippen LogP contribution < -0.4 is 0 Å². The Balaban J connectivity index is 2.08. The van der Waals surface area contributed by atoms with E-state index in [1.807, 2.05) is 12.1 Å². The average Bonchev–Trinajstić information content (AvgIpc) is 3.07. The van der Waals surface area contributed by atoms with Crippen LogP contribution in [0, 0.1) is 0 Å². The monoisotopic (exact) mass is 236 g/mol. The number of nitrogens with one attached hydrogen (secondary N) is 2. The van der Waals surface area contributed by atoms with E-state index >= 15 is 0 Å². The van der Waals surface area contributed by atoms with Crippen LogP contribution in [0.3, 0.4) is 0 Å². The van der Waals surface area contributed by atoms with E-state index in [1.54, 1.807) is 24.8 Å². The smallest absolute Gasteiger partial charge is 0.141 e. The first kappa shape index (κ1) is 9.29. The summed E-state index contributed by atoms with van der Waals surface area (Å²) in [5.74, 6) is 0.775. The number of hydrogen-bond donors (Lipinski definition) is 2. The van der Waals surface area contributed by atoms with Crippen molar-refractivity contribution in [2.45, 2.75) is 0 Å². The highest BCUT2D eigenvalue weighted by Crippen LogP contribution is 2.23. The third-order valence-corrected chi connectivity index (χ3v) is 2.86. The summed E-state index contributed by atoms with van der Waals surface area (Å²) in [7, 11) is 0. The Morgan fingerprint density at radius 3 is 2.83 bits per heavy atom. The molecule has 0 amide bonds. The molecule has 0 fully saturated rings. The number of aromatic nitrogens is 6. The third-order valence-electron chi connectivity index (χ3n) is 2.86. The maximum Gasteiger partial charge on any atom is 0.141 e. The molecule has 0 aliphatic heterocycles. The van der Waals surface area contributed by atoms with Crippen molar-refractivity contribution in [3.8, 4) is 11.4 Å². The van der Waals surface area contributed by atoms with Gasteiger partial charge in [-0.2, -0.15) is 5.10 Å². The summed E-state index contributed by atoms with van der Waals surface area (Å²) in [5, 5.41) is 6.69. The number of fused-ring (bicyclic) bond motifs is 3. The van der Waals surface area contributed by atoms with Crippen LogP contribution in [0.15, 0.2) is 36.9 Å². The summed E-state index contributed by atoms with van der Waals surface area (Å²) in [6.45, 7) is 0. The maximum atomic E-state index is 4.57. The Morgan fingerprint density at radius 2 is 1.94 bits per heavy atom. The van der Waals surface area contributed by atoms with Gasteiger partial charge in [-0.3, -0.25) is 15.1 Å². The van der Waals surface area contributed by atoms with Gasteiger partial charge in [0.05, 0.1) is 22.8 Å². The number of nitrogens with zero attached hydrogens (tertiary/aromatic N) is 4. The lowest BCUT2D eigenvalue weighted by molar-refractivity contribution is 1.09. The number of benzene rings is 1. The molecule has 6 nitrogen and oxygen atoms in total. The molecule has 4 aromatic rings. The molecule has 3 heterocycles. The van der Waals surface area contributed by atoms with Gasteiger partial charge in [0.25, 0.3) is 0 Å². The van der Waals surface area contributed by atoms with Gasteiger partial charge in [0.15, 0.2) is 0 Å². The van der Waals surface area contributed by atoms with Gasteiger partial charge < -0.3 is 4.98 Å². The summed E-state index contributed by atoms with van der Waals surface area (Å²) < 4.78 is 0. The van der Waals surface area contributed by atoms with Gasteiger partial charge in [-0.1, -0.05) is 0 Å². The van der Waals surface area contributed by atoms with Gasteiger partial charge in [0.1, 0.15) is 16.9 Å². The lowest BCUT2D eigenvalue weighted by Gasteiger charge is -1.94. The second-order valence-corrected chi connectivity index (χ2v) is 3.96. The molecule has 0 atom stereocenters. The third kappa shape index (κ3) is 1.22. The summed E-state index contributed by atoms with van der Waals surface area (Å²) in [4.78, 5) is 16.4. The molecule has 0 spiro atoms. The lowest BCUT2D eigenvalue weighted by Crippen LogP contribution is -1.83. The molecule has 4 rings (SSSR count). The van der Waals surface area contributed by atoms with E-state index in [0.717, 1.165) is 33.5 Å². The molecule has 0 saturated carbocycles. The van der Waals surface area contributed by atoms with Crippen LogP contribution in [0.2, 0.25) is 0 Å². The molecule has 0 aliphatic rings.